The smallest absolute Gasteiger partial charge is 0.331 e. The molecule has 0 aliphatic carbocycles. The topological polar surface area (TPSA) is 121 Å². The van der Waals surface area contributed by atoms with Crippen molar-refractivity contribution in [2.45, 2.75) is 45.7 Å². The van der Waals surface area contributed by atoms with Crippen molar-refractivity contribution < 1.29 is 19.1 Å². The molecule has 1 aliphatic heterocycles. The zero-order valence-electron chi connectivity index (χ0n) is 19.5. The molecule has 0 unspecified atom stereocenters. The van der Waals surface area contributed by atoms with Crippen LogP contribution in [0.3, 0.4) is 0 Å². The number of amides is 2. The zero-order chi connectivity index (χ0) is 24.8. The van der Waals surface area contributed by atoms with Crippen LogP contribution in [0.15, 0.2) is 52.1 Å². The van der Waals surface area contributed by atoms with Gasteiger partial charge >= 0.3 is 5.69 Å². The van der Waals surface area contributed by atoms with E-state index in [1.165, 1.54) is 4.57 Å². The Bertz CT molecular complexity index is 1360. The summed E-state index contributed by atoms with van der Waals surface area (Å²) in [4.78, 5) is 50.9. The van der Waals surface area contributed by atoms with Gasteiger partial charge < -0.3 is 20.1 Å². The van der Waals surface area contributed by atoms with E-state index in [2.05, 4.69) is 10.6 Å². The fourth-order valence-corrected chi connectivity index (χ4v) is 3.95. The van der Waals surface area contributed by atoms with Gasteiger partial charge in [0.1, 0.15) is 6.54 Å². The Kier molecular flexibility index (Phi) is 7.49. The third kappa shape index (κ3) is 5.53. The number of fused-ring (bicyclic) bond motifs is 2. The number of ether oxygens (including phenoxy) is 2. The SMILES string of the molecule is CCCNC(=O)CCCCn1c(=O)c2ccccc2n(CC(=O)Nc2ccc3c(c2)OCO3)c1=O. The number of aromatic nitrogens is 2. The van der Waals surface area contributed by atoms with Crippen LogP contribution in [-0.4, -0.2) is 34.3 Å². The molecule has 0 radical (unpaired) electrons. The molecule has 0 saturated heterocycles. The minimum atomic E-state index is -0.565. The Morgan fingerprint density at radius 3 is 2.60 bits per heavy atom. The van der Waals surface area contributed by atoms with E-state index in [0.29, 0.717) is 53.9 Å². The fourth-order valence-electron chi connectivity index (χ4n) is 3.95. The first-order valence-corrected chi connectivity index (χ1v) is 11.7. The molecule has 184 valence electrons. The lowest BCUT2D eigenvalue weighted by Crippen LogP contribution is -2.41. The maximum atomic E-state index is 13.2. The summed E-state index contributed by atoms with van der Waals surface area (Å²) in [6.45, 7) is 2.62. The van der Waals surface area contributed by atoms with Crippen LogP contribution in [0, 0.1) is 0 Å². The molecule has 2 amide bonds. The van der Waals surface area contributed by atoms with Gasteiger partial charge in [0.05, 0.1) is 10.9 Å². The van der Waals surface area contributed by atoms with E-state index < -0.39 is 17.2 Å². The number of nitrogens with zero attached hydrogens (tertiary/aromatic N) is 2. The quantitative estimate of drug-likeness (QED) is 0.430. The molecule has 3 aromatic rings. The molecule has 0 spiro atoms. The minimum Gasteiger partial charge on any atom is -0.454 e. The van der Waals surface area contributed by atoms with Gasteiger partial charge in [0.15, 0.2) is 11.5 Å². The van der Waals surface area contributed by atoms with Gasteiger partial charge in [-0.3, -0.25) is 23.5 Å². The number of hydrogen-bond donors (Lipinski definition) is 2. The first-order chi connectivity index (χ1) is 17.0. The number of unbranched alkanes of at least 4 members (excludes halogenated alkanes) is 1. The van der Waals surface area contributed by atoms with Gasteiger partial charge in [-0.25, -0.2) is 4.79 Å². The molecule has 10 nitrogen and oxygen atoms in total. The second-order valence-electron chi connectivity index (χ2n) is 8.27. The van der Waals surface area contributed by atoms with E-state index in [1.54, 1.807) is 42.5 Å². The van der Waals surface area contributed by atoms with Crippen LogP contribution >= 0.6 is 0 Å². The molecule has 2 aromatic carbocycles. The van der Waals surface area contributed by atoms with Gasteiger partial charge in [-0.2, -0.15) is 0 Å². The number of anilines is 1. The Morgan fingerprint density at radius 1 is 0.971 bits per heavy atom. The molecule has 0 atom stereocenters. The molecule has 0 saturated carbocycles. The Morgan fingerprint density at radius 2 is 1.77 bits per heavy atom. The number of benzene rings is 2. The third-order valence-electron chi connectivity index (χ3n) is 5.70. The molecule has 1 aliphatic rings. The summed E-state index contributed by atoms with van der Waals surface area (Å²) in [6.07, 6.45) is 2.21. The van der Waals surface area contributed by atoms with Crippen LogP contribution in [0.4, 0.5) is 5.69 Å². The second-order valence-corrected chi connectivity index (χ2v) is 8.27. The molecule has 1 aromatic heterocycles. The van der Waals surface area contributed by atoms with Gasteiger partial charge in [0.2, 0.25) is 18.6 Å². The minimum absolute atomic E-state index is 0.0460. The van der Waals surface area contributed by atoms with Gasteiger partial charge in [-0.05, 0) is 43.5 Å². The molecule has 4 rings (SSSR count). The summed E-state index contributed by atoms with van der Waals surface area (Å²) in [5.41, 5.74) is -0.0803. The van der Waals surface area contributed by atoms with Crippen molar-refractivity contribution in [3.05, 3.63) is 63.3 Å². The molecular weight excluding hydrogens is 452 g/mol. The first-order valence-electron chi connectivity index (χ1n) is 11.7. The second kappa shape index (κ2) is 10.9. The van der Waals surface area contributed by atoms with Crippen LogP contribution in [0.1, 0.15) is 32.6 Å². The Labute approximate surface area is 201 Å². The van der Waals surface area contributed by atoms with Crippen LogP contribution in [0.25, 0.3) is 10.9 Å². The monoisotopic (exact) mass is 480 g/mol. The van der Waals surface area contributed by atoms with Crippen molar-refractivity contribution in [1.29, 1.82) is 0 Å². The van der Waals surface area contributed by atoms with E-state index in [-0.39, 0.29) is 25.8 Å². The van der Waals surface area contributed by atoms with E-state index in [4.69, 9.17) is 9.47 Å². The molecule has 2 heterocycles. The summed E-state index contributed by atoms with van der Waals surface area (Å²) in [5.74, 6) is 0.659. The predicted molar refractivity (Wildman–Crippen MR) is 131 cm³/mol. The summed E-state index contributed by atoms with van der Waals surface area (Å²) in [7, 11) is 0. The van der Waals surface area contributed by atoms with Gasteiger partial charge in [0, 0.05) is 31.3 Å². The highest BCUT2D eigenvalue weighted by Crippen LogP contribution is 2.34. The molecule has 35 heavy (non-hydrogen) atoms. The lowest BCUT2D eigenvalue weighted by molar-refractivity contribution is -0.121. The van der Waals surface area contributed by atoms with Crippen molar-refractivity contribution in [1.82, 2.24) is 14.5 Å². The summed E-state index contributed by atoms with van der Waals surface area (Å²) < 4.78 is 13.0. The summed E-state index contributed by atoms with van der Waals surface area (Å²) in [5, 5.41) is 5.92. The average molecular weight is 481 g/mol. The van der Waals surface area contributed by atoms with E-state index in [0.717, 1.165) is 11.0 Å². The standard InChI is InChI=1S/C25H28N4O6/c1-2-12-26-22(30)9-5-6-13-28-24(32)18-7-3-4-8-19(18)29(25(28)33)15-23(31)27-17-10-11-20-21(14-17)35-16-34-20/h3-4,7-8,10-11,14H,2,5-6,9,12-13,15-16H2,1H3,(H,26,30)(H,27,31). The number of rotatable bonds is 10. The van der Waals surface area contributed by atoms with Gasteiger partial charge in [0.25, 0.3) is 5.56 Å². The number of hydrogen-bond acceptors (Lipinski definition) is 6. The van der Waals surface area contributed by atoms with E-state index in [1.807, 2.05) is 6.92 Å². The summed E-state index contributed by atoms with van der Waals surface area (Å²) in [6, 6.07) is 11.7. The highest BCUT2D eigenvalue weighted by molar-refractivity contribution is 5.92. The highest BCUT2D eigenvalue weighted by atomic mass is 16.7. The predicted octanol–water partition coefficient (Wildman–Crippen LogP) is 2.23. The number of carbonyl (C=O) groups is 2. The van der Waals surface area contributed by atoms with Crippen LogP contribution in [-0.2, 0) is 22.7 Å². The van der Waals surface area contributed by atoms with Crippen molar-refractivity contribution in [2.24, 2.45) is 0 Å². The fraction of sp³-hybridized carbons (Fsp3) is 0.360. The van der Waals surface area contributed by atoms with Crippen molar-refractivity contribution >= 4 is 28.4 Å². The molecule has 2 N–H and O–H groups in total. The third-order valence-corrected chi connectivity index (χ3v) is 5.70. The zero-order valence-corrected chi connectivity index (χ0v) is 19.5. The van der Waals surface area contributed by atoms with Crippen LogP contribution < -0.4 is 31.4 Å². The Balaban J connectivity index is 1.52. The molecular formula is C25H28N4O6. The molecule has 10 heteroatoms. The number of para-hydroxylation sites is 1. The maximum Gasteiger partial charge on any atom is 0.331 e. The largest absolute Gasteiger partial charge is 0.454 e. The van der Waals surface area contributed by atoms with Crippen molar-refractivity contribution in [3.8, 4) is 11.5 Å². The lowest BCUT2D eigenvalue weighted by atomic mass is 10.2. The Hall–Kier alpha value is -4.08. The van der Waals surface area contributed by atoms with Crippen molar-refractivity contribution in [2.75, 3.05) is 18.7 Å². The van der Waals surface area contributed by atoms with Crippen molar-refractivity contribution in [3.63, 3.8) is 0 Å². The van der Waals surface area contributed by atoms with Gasteiger partial charge in [-0.1, -0.05) is 19.1 Å². The summed E-state index contributed by atoms with van der Waals surface area (Å²) >= 11 is 0. The van der Waals surface area contributed by atoms with Crippen LogP contribution in [0.2, 0.25) is 0 Å². The maximum absolute atomic E-state index is 13.2. The molecule has 0 fully saturated rings. The first kappa shape index (κ1) is 24.1. The van der Waals surface area contributed by atoms with Gasteiger partial charge in [-0.15, -0.1) is 0 Å². The number of carbonyl (C=O) groups excluding carboxylic acids is 2. The number of nitrogens with one attached hydrogen (secondary N) is 2. The lowest BCUT2D eigenvalue weighted by Gasteiger charge is -2.14. The normalized spacial score (nSPS) is 12.0. The van der Waals surface area contributed by atoms with E-state index >= 15 is 0 Å². The van der Waals surface area contributed by atoms with Crippen LogP contribution in [0.5, 0.6) is 11.5 Å². The average Bonchev–Trinajstić information content (AvgIpc) is 3.32. The van der Waals surface area contributed by atoms with E-state index in [9.17, 15) is 19.2 Å². The highest BCUT2D eigenvalue weighted by Gasteiger charge is 2.17. The molecule has 0 bridgehead atoms.